The number of cyclic esters (lactones) is 1. The van der Waals surface area contributed by atoms with Gasteiger partial charge in [0, 0.05) is 119 Å². The van der Waals surface area contributed by atoms with Crippen LogP contribution in [0.4, 0.5) is 24.5 Å². The molecule has 1 aromatic carbocycles. The van der Waals surface area contributed by atoms with Crippen LogP contribution < -0.4 is 20.5 Å². The minimum atomic E-state index is -4.61. The maximum Gasteiger partial charge on any atom is 0.406 e. The zero-order chi connectivity index (χ0) is 59.5. The van der Waals surface area contributed by atoms with Gasteiger partial charge in [-0.05, 0) is 120 Å². The van der Waals surface area contributed by atoms with Crippen molar-refractivity contribution in [1.82, 2.24) is 44.9 Å². The molecule has 8 fully saturated rings. The Morgan fingerprint density at radius 2 is 1.71 bits per heavy atom. The number of anilines is 2. The predicted octanol–water partition coefficient (Wildman–Crippen LogP) is 6.16. The number of nitrogens with zero attached hydrogens (tertiary/aromatic N) is 9. The van der Waals surface area contributed by atoms with E-state index in [1.54, 1.807) is 19.4 Å². The Hall–Kier alpha value is -5.10. The lowest BCUT2D eigenvalue weighted by Crippen LogP contribution is -2.63. The number of esters is 1. The number of amides is 3. The van der Waals surface area contributed by atoms with Crippen LogP contribution in [-0.2, 0) is 51.1 Å². The van der Waals surface area contributed by atoms with Crippen LogP contribution in [-0.4, -0.2) is 218 Å². The van der Waals surface area contributed by atoms with Gasteiger partial charge in [0.25, 0.3) is 5.91 Å². The molecule has 22 heteroatoms. The molecule has 9 aliphatic rings. The molecule has 3 amide bonds. The molecule has 85 heavy (non-hydrogen) atoms. The van der Waals surface area contributed by atoms with Crippen molar-refractivity contribution >= 4 is 46.0 Å². The molecule has 6 saturated heterocycles. The van der Waals surface area contributed by atoms with Crippen molar-refractivity contribution in [3.63, 3.8) is 0 Å². The van der Waals surface area contributed by atoms with E-state index in [-0.39, 0.29) is 61.2 Å². The largest absolute Gasteiger partial charge is 0.464 e. The SMILES string of the molecule is CCN(C(=O)[C@H]1[C@@H](C2CC2)N1C)C1CCN([C@H](C(=O)N[C@H]2C[C@H]3CN(CCO3)c3ccc4c(c3)c(c(-c3cc(N5CCN6CCOC[C@@H]6C5)cnc3[C@H](C)OC)n4CC(F)(F)F)CC(C)(C)COC(=O)[C@@H]3CCCN(N3)C2=O)C2CCCC2)CC1. The number of aromatic nitrogens is 2. The van der Waals surface area contributed by atoms with E-state index >= 15 is 22.8 Å². The number of methoxy groups -OCH3 is 1. The first kappa shape index (κ1) is 60.2. The van der Waals surface area contributed by atoms with Gasteiger partial charge in [0.15, 0.2) is 0 Å². The molecule has 2 saturated carbocycles. The summed E-state index contributed by atoms with van der Waals surface area (Å²) in [5.41, 5.74) is 6.47. The molecule has 6 bridgehead atoms. The van der Waals surface area contributed by atoms with Crippen LogP contribution in [0.15, 0.2) is 30.5 Å². The number of rotatable bonds is 13. The summed E-state index contributed by atoms with van der Waals surface area (Å²) in [6, 6.07) is 5.83. The van der Waals surface area contributed by atoms with Crippen molar-refractivity contribution in [3.05, 3.63) is 41.7 Å². The van der Waals surface area contributed by atoms with Crippen LogP contribution in [0.5, 0.6) is 0 Å². The molecule has 2 aliphatic carbocycles. The molecule has 12 rings (SSSR count). The van der Waals surface area contributed by atoms with E-state index in [0.717, 1.165) is 63.0 Å². The summed E-state index contributed by atoms with van der Waals surface area (Å²) in [5, 5.41) is 5.42. The van der Waals surface area contributed by atoms with Crippen molar-refractivity contribution < 1.29 is 51.3 Å². The molecule has 466 valence electrons. The molecule has 7 aliphatic heterocycles. The molecule has 0 radical (unpaired) electrons. The smallest absolute Gasteiger partial charge is 0.406 e. The minimum absolute atomic E-state index is 0.0363. The molecule has 19 nitrogen and oxygen atoms in total. The number of alkyl halides is 3. The number of hydrogen-bond donors (Lipinski definition) is 2. The number of ether oxygens (including phenoxy) is 4. The zero-order valence-corrected chi connectivity index (χ0v) is 50.8. The fourth-order valence-electron chi connectivity index (χ4n) is 15.6. The van der Waals surface area contributed by atoms with Crippen LogP contribution in [0.3, 0.4) is 0 Å². The second-order valence-corrected chi connectivity index (χ2v) is 26.8. The predicted molar refractivity (Wildman–Crippen MR) is 316 cm³/mol. The molecule has 2 N–H and O–H groups in total. The third-order valence-corrected chi connectivity index (χ3v) is 20.4. The quantitative estimate of drug-likeness (QED) is 0.147. The Balaban J connectivity index is 0.869. The summed E-state index contributed by atoms with van der Waals surface area (Å²) in [5.74, 6) is -0.152. The number of morpholine rings is 2. The number of carbonyl (C=O) groups excluding carboxylic acids is 4. The number of piperazine rings is 1. The van der Waals surface area contributed by atoms with Gasteiger partial charge < -0.3 is 43.5 Å². The van der Waals surface area contributed by atoms with E-state index in [2.05, 4.69) is 54.1 Å². The molecule has 0 spiro atoms. The zero-order valence-electron chi connectivity index (χ0n) is 50.8. The molecule has 2 aromatic heterocycles. The van der Waals surface area contributed by atoms with Crippen LogP contribution >= 0.6 is 0 Å². The third-order valence-electron chi connectivity index (χ3n) is 20.4. The second-order valence-electron chi connectivity index (χ2n) is 26.8. The van der Waals surface area contributed by atoms with Crippen molar-refractivity contribution in [3.8, 4) is 11.3 Å². The lowest BCUT2D eigenvalue weighted by Gasteiger charge is -2.44. The van der Waals surface area contributed by atoms with Crippen molar-refractivity contribution in [2.24, 2.45) is 17.3 Å². The Morgan fingerprint density at radius 3 is 2.45 bits per heavy atom. The number of likely N-dealkylation sites (N-methyl/N-ethyl adjacent to an activating group) is 2. The molecule has 3 aromatic rings. The Morgan fingerprint density at radius 1 is 0.929 bits per heavy atom. The van der Waals surface area contributed by atoms with Gasteiger partial charge in [-0.2, -0.15) is 13.2 Å². The summed E-state index contributed by atoms with van der Waals surface area (Å²) in [7, 11) is 3.64. The number of hydrazine groups is 1. The van der Waals surface area contributed by atoms with Crippen LogP contribution in [0, 0.1) is 17.3 Å². The van der Waals surface area contributed by atoms with Gasteiger partial charge in [0.1, 0.15) is 24.7 Å². The highest BCUT2D eigenvalue weighted by Crippen LogP contribution is 2.48. The third kappa shape index (κ3) is 12.8. The number of piperidine rings is 1. The van der Waals surface area contributed by atoms with E-state index in [9.17, 15) is 9.59 Å². The number of benzene rings is 1. The molecule has 9 heterocycles. The number of carbonyl (C=O) groups is 4. The number of pyridine rings is 1. The van der Waals surface area contributed by atoms with Crippen molar-refractivity contribution in [2.75, 3.05) is 116 Å². The highest BCUT2D eigenvalue weighted by Gasteiger charge is 2.58. The van der Waals surface area contributed by atoms with E-state index in [0.29, 0.717) is 130 Å². The number of hydrogen-bond acceptors (Lipinski definition) is 15. The maximum atomic E-state index is 15.3. The maximum absolute atomic E-state index is 15.3. The van der Waals surface area contributed by atoms with Gasteiger partial charge in [0.2, 0.25) is 11.8 Å². The van der Waals surface area contributed by atoms with Crippen molar-refractivity contribution in [2.45, 2.75) is 172 Å². The lowest BCUT2D eigenvalue weighted by atomic mass is 9.84. The van der Waals surface area contributed by atoms with E-state index in [1.165, 1.54) is 22.4 Å². The van der Waals surface area contributed by atoms with Gasteiger partial charge in [0.05, 0.1) is 74.0 Å². The fourth-order valence-corrected chi connectivity index (χ4v) is 15.6. The lowest BCUT2D eigenvalue weighted by molar-refractivity contribution is -0.156. The summed E-state index contributed by atoms with van der Waals surface area (Å²) >= 11 is 0. The van der Waals surface area contributed by atoms with Crippen molar-refractivity contribution in [1.29, 1.82) is 0 Å². The monoisotopic (exact) mass is 1190 g/mol. The number of fused-ring (bicyclic) bond motifs is 7. The Labute approximate surface area is 498 Å². The first-order chi connectivity index (χ1) is 40.9. The fraction of sp³-hybridized carbons (Fsp3) is 0.730. The van der Waals surface area contributed by atoms with Gasteiger partial charge in [-0.3, -0.25) is 43.9 Å². The van der Waals surface area contributed by atoms with E-state index < -0.39 is 54.4 Å². The normalized spacial score (nSPS) is 29.3. The number of halogens is 3. The van der Waals surface area contributed by atoms with Gasteiger partial charge in [-0.25, -0.2) is 5.43 Å². The topological polar surface area (TPSA) is 170 Å². The average molecular weight is 1190 g/mol. The molecule has 9 atom stereocenters. The summed E-state index contributed by atoms with van der Waals surface area (Å²) in [4.78, 5) is 77.2. The second kappa shape index (κ2) is 24.8. The van der Waals surface area contributed by atoms with Gasteiger partial charge in [-0.1, -0.05) is 26.7 Å². The number of likely N-dealkylation sites (tertiary alicyclic amines) is 1. The van der Waals surface area contributed by atoms with E-state index in [4.69, 9.17) is 23.9 Å². The van der Waals surface area contributed by atoms with Crippen LogP contribution in [0.25, 0.3) is 22.2 Å². The molecular weight excluding hydrogens is 1100 g/mol. The average Bonchev–Trinajstić information content (AvgIpc) is 1.98. The first-order valence-electron chi connectivity index (χ1n) is 31.9. The molecule has 1 unspecified atom stereocenters. The van der Waals surface area contributed by atoms with Gasteiger partial charge >= 0.3 is 12.1 Å². The van der Waals surface area contributed by atoms with E-state index in [1.807, 2.05) is 39.0 Å². The highest BCUT2D eigenvalue weighted by molar-refractivity contribution is 5.95. The first-order valence-corrected chi connectivity index (χ1v) is 31.9. The summed E-state index contributed by atoms with van der Waals surface area (Å²) in [6.45, 7) is 14.3. The number of nitrogens with one attached hydrogen (secondary N) is 2. The highest BCUT2D eigenvalue weighted by atomic mass is 19.4. The minimum Gasteiger partial charge on any atom is -0.464 e. The summed E-state index contributed by atoms with van der Waals surface area (Å²) < 4.78 is 71.8. The van der Waals surface area contributed by atoms with Gasteiger partial charge in [-0.15, -0.1) is 0 Å². The standard InChI is InChI=1S/C63H90F3N11O8/c1-7-75(60(80)57-54(70(57)5)41-14-15-41)42-18-21-72(22-19-42)55(40-11-8-9-12-40)58(78)68-51-31-46-35-74(26-28-84-46)43-16-17-52-47(29-43)49(32-62(3,4)38-85-61(81)50-13-10-20-77(69-50)59(51)79)56(76(52)37-63(64,65)66)48-30-44(33-67-53(48)39(2)82-6)73-24-23-71-25-27-83-36-45(71)34-73/h16-17,29-30,33,39-42,45-46,50-51,54-55,57,69H,7-15,18-28,31-32,34-38H2,1-6H3,(H,68,78)/t39-,45-,46-,50-,51-,54+,55-,57+,70?/m0/s1. The Bertz CT molecular complexity index is 2930. The van der Waals surface area contributed by atoms with Crippen LogP contribution in [0.1, 0.15) is 116 Å². The van der Waals surface area contributed by atoms with Crippen LogP contribution in [0.2, 0.25) is 0 Å². The molecular formula is C63H90F3N11O8. The Kier molecular flexibility index (Phi) is 17.6. The summed E-state index contributed by atoms with van der Waals surface area (Å²) in [6.07, 6.45) is 5.13.